The van der Waals surface area contributed by atoms with Gasteiger partial charge in [-0.05, 0) is 42.8 Å². The fraction of sp³-hybridized carbons (Fsp3) is 0.167. The van der Waals surface area contributed by atoms with Crippen LogP contribution < -0.4 is 15.8 Å². The molecule has 1 amide bonds. The zero-order valence-corrected chi connectivity index (χ0v) is 15.3. The molecule has 0 radical (unpaired) electrons. The molecular formula is C18H15FN4O4S. The van der Waals surface area contributed by atoms with E-state index in [4.69, 9.17) is 0 Å². The Labute approximate surface area is 159 Å². The van der Waals surface area contributed by atoms with Crippen LogP contribution in [0.15, 0.2) is 52.2 Å². The number of hydrazine groups is 1. The normalized spacial score (nSPS) is 13.5. The molecule has 8 nitrogen and oxygen atoms in total. The van der Waals surface area contributed by atoms with Crippen LogP contribution in [0.25, 0.3) is 10.9 Å². The second-order valence-electron chi connectivity index (χ2n) is 6.34. The van der Waals surface area contributed by atoms with Crippen LogP contribution in [0.3, 0.4) is 0 Å². The van der Waals surface area contributed by atoms with Gasteiger partial charge in [-0.2, -0.15) is 0 Å². The van der Waals surface area contributed by atoms with Crippen molar-refractivity contribution in [3.8, 4) is 0 Å². The summed E-state index contributed by atoms with van der Waals surface area (Å²) in [5, 5.41) is 0.391. The fourth-order valence-electron chi connectivity index (χ4n) is 3.10. The lowest BCUT2D eigenvalue weighted by Crippen LogP contribution is -2.41. The van der Waals surface area contributed by atoms with Gasteiger partial charge in [0.05, 0.1) is 15.8 Å². The van der Waals surface area contributed by atoms with Gasteiger partial charge in [-0.25, -0.2) is 17.8 Å². The Hall–Kier alpha value is -3.11. The third kappa shape index (κ3) is 3.27. The maximum atomic E-state index is 13.2. The first-order valence-corrected chi connectivity index (χ1v) is 9.95. The number of nitrogens with zero attached hydrogens (tertiary/aromatic N) is 2. The summed E-state index contributed by atoms with van der Waals surface area (Å²) in [7, 11) is -4.13. The molecule has 1 aliphatic heterocycles. The summed E-state index contributed by atoms with van der Waals surface area (Å²) >= 11 is 0. The zero-order chi connectivity index (χ0) is 19.9. The van der Waals surface area contributed by atoms with Crippen LogP contribution >= 0.6 is 0 Å². The molecule has 1 aromatic heterocycles. The number of amides is 1. The second kappa shape index (κ2) is 6.80. The minimum atomic E-state index is -4.13. The summed E-state index contributed by atoms with van der Waals surface area (Å²) in [6.45, 7) is 0.626. The monoisotopic (exact) mass is 402 g/mol. The van der Waals surface area contributed by atoms with Gasteiger partial charge in [0.1, 0.15) is 11.6 Å². The van der Waals surface area contributed by atoms with Gasteiger partial charge < -0.3 is 0 Å². The summed E-state index contributed by atoms with van der Waals surface area (Å²) in [5.41, 5.74) is 2.42. The van der Waals surface area contributed by atoms with Crippen LogP contribution in [-0.2, 0) is 23.0 Å². The van der Waals surface area contributed by atoms with E-state index in [0.29, 0.717) is 29.7 Å². The van der Waals surface area contributed by atoms with Crippen molar-refractivity contribution in [2.75, 3.05) is 0 Å². The van der Waals surface area contributed by atoms with Crippen molar-refractivity contribution in [3.63, 3.8) is 0 Å². The first-order chi connectivity index (χ1) is 13.3. The highest BCUT2D eigenvalue weighted by atomic mass is 32.2. The van der Waals surface area contributed by atoms with Crippen LogP contribution in [0.1, 0.15) is 22.6 Å². The molecule has 0 atom stereocenters. The van der Waals surface area contributed by atoms with Gasteiger partial charge >= 0.3 is 0 Å². The molecule has 0 bridgehead atoms. The molecule has 0 fully saturated rings. The zero-order valence-electron chi connectivity index (χ0n) is 14.5. The van der Waals surface area contributed by atoms with Crippen LogP contribution in [0.4, 0.5) is 4.39 Å². The molecule has 28 heavy (non-hydrogen) atoms. The van der Waals surface area contributed by atoms with E-state index in [1.54, 1.807) is 4.57 Å². The topological polar surface area (TPSA) is 110 Å². The number of halogens is 1. The summed E-state index contributed by atoms with van der Waals surface area (Å²) in [5.74, 6) is -0.778. The number of benzene rings is 2. The molecule has 3 aromatic rings. The Morgan fingerprint density at radius 2 is 2.00 bits per heavy atom. The van der Waals surface area contributed by atoms with Crippen molar-refractivity contribution in [3.05, 3.63) is 70.0 Å². The SMILES string of the molecule is O=C(NNS(=O)(=O)c1cccc(F)c1)c1ccc2c(=O)n3c(nc2c1)CCC3. The Morgan fingerprint density at radius 3 is 2.79 bits per heavy atom. The Bertz CT molecular complexity index is 1270. The molecule has 1 aliphatic rings. The van der Waals surface area contributed by atoms with Crippen molar-refractivity contribution in [1.29, 1.82) is 0 Å². The number of hydrogen-bond acceptors (Lipinski definition) is 5. The molecular weight excluding hydrogens is 387 g/mol. The van der Waals surface area contributed by atoms with E-state index in [0.717, 1.165) is 18.6 Å². The Morgan fingerprint density at radius 1 is 1.18 bits per heavy atom. The molecule has 2 aromatic carbocycles. The number of rotatable bonds is 4. The van der Waals surface area contributed by atoms with Gasteiger partial charge in [0.15, 0.2) is 0 Å². The third-order valence-electron chi connectivity index (χ3n) is 4.48. The number of sulfonamides is 1. The van der Waals surface area contributed by atoms with E-state index in [2.05, 4.69) is 10.4 Å². The average molecular weight is 402 g/mol. The lowest BCUT2D eigenvalue weighted by atomic mass is 10.1. The largest absolute Gasteiger partial charge is 0.296 e. The summed E-state index contributed by atoms with van der Waals surface area (Å²) in [6.07, 6.45) is 1.53. The van der Waals surface area contributed by atoms with Gasteiger partial charge in [0.2, 0.25) is 0 Å². The van der Waals surface area contributed by atoms with Crippen molar-refractivity contribution in [2.24, 2.45) is 0 Å². The number of carbonyl (C=O) groups is 1. The fourth-order valence-corrected chi connectivity index (χ4v) is 3.97. The highest BCUT2D eigenvalue weighted by molar-refractivity contribution is 7.89. The van der Waals surface area contributed by atoms with E-state index in [1.165, 1.54) is 30.3 Å². The lowest BCUT2D eigenvalue weighted by molar-refractivity contribution is 0.0945. The molecule has 0 aliphatic carbocycles. The molecule has 4 rings (SSSR count). The van der Waals surface area contributed by atoms with Crippen molar-refractivity contribution >= 4 is 26.8 Å². The van der Waals surface area contributed by atoms with E-state index in [-0.39, 0.29) is 16.0 Å². The van der Waals surface area contributed by atoms with Crippen LogP contribution in [-0.4, -0.2) is 23.9 Å². The van der Waals surface area contributed by atoms with E-state index in [1.807, 2.05) is 4.83 Å². The Kier molecular flexibility index (Phi) is 4.44. The molecule has 0 unspecified atom stereocenters. The van der Waals surface area contributed by atoms with Gasteiger partial charge in [-0.3, -0.25) is 19.6 Å². The maximum absolute atomic E-state index is 13.2. The third-order valence-corrected chi connectivity index (χ3v) is 5.73. The van der Waals surface area contributed by atoms with E-state index < -0.39 is 21.7 Å². The van der Waals surface area contributed by atoms with Gasteiger partial charge in [-0.1, -0.05) is 6.07 Å². The Balaban J connectivity index is 1.58. The smallest absolute Gasteiger partial charge is 0.266 e. The molecule has 0 saturated carbocycles. The van der Waals surface area contributed by atoms with Gasteiger partial charge in [0, 0.05) is 18.5 Å². The molecule has 144 valence electrons. The predicted molar refractivity (Wildman–Crippen MR) is 98.5 cm³/mol. The predicted octanol–water partition coefficient (Wildman–Crippen LogP) is 1.11. The number of nitrogens with one attached hydrogen (secondary N) is 2. The van der Waals surface area contributed by atoms with Crippen LogP contribution in [0.2, 0.25) is 0 Å². The molecule has 2 heterocycles. The van der Waals surface area contributed by atoms with E-state index >= 15 is 0 Å². The number of aryl methyl sites for hydroxylation is 1. The van der Waals surface area contributed by atoms with E-state index in [9.17, 15) is 22.4 Å². The maximum Gasteiger partial charge on any atom is 0.266 e. The lowest BCUT2D eigenvalue weighted by Gasteiger charge is -2.10. The molecule has 0 spiro atoms. The van der Waals surface area contributed by atoms with Crippen LogP contribution in [0.5, 0.6) is 0 Å². The summed E-state index contributed by atoms with van der Waals surface area (Å²) in [4.78, 5) is 30.8. The average Bonchev–Trinajstić information content (AvgIpc) is 3.15. The number of aromatic nitrogens is 2. The van der Waals surface area contributed by atoms with Crippen molar-refractivity contribution < 1.29 is 17.6 Å². The van der Waals surface area contributed by atoms with Gasteiger partial charge in [-0.15, -0.1) is 4.83 Å². The van der Waals surface area contributed by atoms with Crippen molar-refractivity contribution in [2.45, 2.75) is 24.3 Å². The number of carbonyl (C=O) groups excluding carboxylic acids is 1. The first kappa shape index (κ1) is 18.3. The minimum absolute atomic E-state index is 0.129. The molecule has 10 heteroatoms. The second-order valence-corrected chi connectivity index (χ2v) is 8.02. The van der Waals surface area contributed by atoms with Gasteiger partial charge in [0.25, 0.3) is 21.5 Å². The number of fused-ring (bicyclic) bond motifs is 2. The summed E-state index contributed by atoms with van der Waals surface area (Å²) < 4.78 is 39.2. The number of hydrogen-bond donors (Lipinski definition) is 2. The highest BCUT2D eigenvalue weighted by Crippen LogP contribution is 2.16. The molecule has 2 N–H and O–H groups in total. The van der Waals surface area contributed by atoms with Crippen LogP contribution in [0, 0.1) is 5.82 Å². The standard InChI is InChI=1S/C18H15FN4O4S/c19-12-3-1-4-13(10-12)28(26,27)22-21-17(24)11-6-7-14-15(9-11)20-16-5-2-8-23(16)18(14)25/h1,3-4,6-7,9-10,22H,2,5,8H2,(H,21,24). The highest BCUT2D eigenvalue weighted by Gasteiger charge is 2.19. The minimum Gasteiger partial charge on any atom is -0.296 e. The summed E-state index contributed by atoms with van der Waals surface area (Å²) in [6, 6.07) is 8.73. The van der Waals surface area contributed by atoms with Crippen molar-refractivity contribution in [1.82, 2.24) is 19.8 Å². The molecule has 0 saturated heterocycles. The quantitative estimate of drug-likeness (QED) is 0.635. The first-order valence-electron chi connectivity index (χ1n) is 8.46.